The minimum Gasteiger partial charge on any atom is -0.353 e. The van der Waals surface area contributed by atoms with Crippen LogP contribution in [-0.4, -0.2) is 11.9 Å². The Morgan fingerprint density at radius 2 is 1.94 bits per heavy atom. The predicted molar refractivity (Wildman–Crippen MR) is 68.5 cm³/mol. The number of carbonyl (C=O) groups is 1. The van der Waals surface area contributed by atoms with E-state index in [1.165, 1.54) is 51.4 Å². The summed E-state index contributed by atoms with van der Waals surface area (Å²) in [6, 6.07) is 0.477. The van der Waals surface area contributed by atoms with Gasteiger partial charge in [-0.15, -0.1) is 0 Å². The van der Waals surface area contributed by atoms with Gasteiger partial charge in [-0.25, -0.2) is 0 Å². The molecule has 3 rings (SSSR count). The summed E-state index contributed by atoms with van der Waals surface area (Å²) in [5, 5.41) is 3.34. The Morgan fingerprint density at radius 1 is 1.06 bits per heavy atom. The van der Waals surface area contributed by atoms with Crippen LogP contribution in [0.2, 0.25) is 0 Å². The van der Waals surface area contributed by atoms with Gasteiger partial charge in [-0.05, 0) is 49.9 Å². The molecule has 96 valence electrons. The summed E-state index contributed by atoms with van der Waals surface area (Å²) in [5.74, 6) is 3.15. The van der Waals surface area contributed by atoms with Crippen molar-refractivity contribution in [3.63, 3.8) is 0 Å². The van der Waals surface area contributed by atoms with Gasteiger partial charge in [0.25, 0.3) is 0 Å². The molecule has 3 fully saturated rings. The number of carbonyl (C=O) groups excluding carboxylic acids is 1. The van der Waals surface area contributed by atoms with Gasteiger partial charge in [-0.1, -0.05) is 26.2 Å². The molecule has 2 heteroatoms. The molecule has 3 aliphatic carbocycles. The fraction of sp³-hybridized carbons (Fsp3) is 0.933. The summed E-state index contributed by atoms with van der Waals surface area (Å²) in [4.78, 5) is 12.3. The fourth-order valence-corrected chi connectivity index (χ4v) is 4.44. The van der Waals surface area contributed by atoms with Crippen molar-refractivity contribution in [2.75, 3.05) is 0 Å². The van der Waals surface area contributed by atoms with Crippen molar-refractivity contribution in [3.05, 3.63) is 0 Å². The fourth-order valence-electron chi connectivity index (χ4n) is 4.44. The molecular formula is C15H25NO. The third kappa shape index (κ3) is 2.36. The van der Waals surface area contributed by atoms with Crippen LogP contribution in [0.15, 0.2) is 0 Å². The average Bonchev–Trinajstić information content (AvgIpc) is 2.90. The first-order chi connectivity index (χ1) is 8.22. The van der Waals surface area contributed by atoms with Crippen molar-refractivity contribution in [1.29, 1.82) is 0 Å². The van der Waals surface area contributed by atoms with Crippen molar-refractivity contribution in [2.45, 2.75) is 64.3 Å². The van der Waals surface area contributed by atoms with Gasteiger partial charge in [0.2, 0.25) is 5.91 Å². The minimum atomic E-state index is 0.367. The van der Waals surface area contributed by atoms with E-state index >= 15 is 0 Å². The van der Waals surface area contributed by atoms with Gasteiger partial charge < -0.3 is 5.32 Å². The normalized spacial score (nSPS) is 44.9. The Labute approximate surface area is 105 Å². The molecule has 2 nitrogen and oxygen atoms in total. The zero-order chi connectivity index (χ0) is 11.8. The maximum absolute atomic E-state index is 12.3. The molecule has 0 aromatic heterocycles. The lowest BCUT2D eigenvalue weighted by Crippen LogP contribution is -2.42. The summed E-state index contributed by atoms with van der Waals surface area (Å²) in [5.41, 5.74) is 0. The molecule has 0 saturated heterocycles. The highest BCUT2D eigenvalue weighted by Crippen LogP contribution is 2.48. The Bertz CT molecular complexity index is 301. The van der Waals surface area contributed by atoms with Crippen LogP contribution in [-0.2, 0) is 4.79 Å². The summed E-state index contributed by atoms with van der Waals surface area (Å²) in [7, 11) is 0. The van der Waals surface area contributed by atoms with Crippen LogP contribution in [0.3, 0.4) is 0 Å². The first-order valence-electron chi connectivity index (χ1n) is 7.52. The number of amides is 1. The van der Waals surface area contributed by atoms with Crippen LogP contribution in [0.25, 0.3) is 0 Å². The second-order valence-corrected chi connectivity index (χ2v) is 6.76. The highest BCUT2D eigenvalue weighted by atomic mass is 16.2. The SMILES string of the molecule is CC1CCCC(NC(=O)C2CC3CCC2C3)C1. The van der Waals surface area contributed by atoms with Gasteiger partial charge in [-0.3, -0.25) is 4.79 Å². The van der Waals surface area contributed by atoms with Crippen LogP contribution >= 0.6 is 0 Å². The van der Waals surface area contributed by atoms with Crippen molar-refractivity contribution >= 4 is 5.91 Å². The molecule has 0 heterocycles. The van der Waals surface area contributed by atoms with E-state index in [2.05, 4.69) is 12.2 Å². The van der Waals surface area contributed by atoms with Gasteiger partial charge in [0.1, 0.15) is 0 Å². The molecule has 3 saturated carbocycles. The lowest BCUT2D eigenvalue weighted by atomic mass is 9.85. The average molecular weight is 235 g/mol. The van der Waals surface area contributed by atoms with Crippen LogP contribution in [0, 0.1) is 23.7 Å². The maximum Gasteiger partial charge on any atom is 0.223 e. The Kier molecular flexibility index (Phi) is 3.14. The zero-order valence-electron chi connectivity index (χ0n) is 11.0. The molecule has 0 spiro atoms. The molecule has 0 aliphatic heterocycles. The van der Waals surface area contributed by atoms with E-state index in [0.29, 0.717) is 17.9 Å². The lowest BCUT2D eigenvalue weighted by Gasteiger charge is -2.30. The van der Waals surface area contributed by atoms with Gasteiger partial charge >= 0.3 is 0 Å². The van der Waals surface area contributed by atoms with Crippen LogP contribution in [0.5, 0.6) is 0 Å². The molecular weight excluding hydrogens is 210 g/mol. The molecule has 1 amide bonds. The van der Waals surface area contributed by atoms with Crippen molar-refractivity contribution in [3.8, 4) is 0 Å². The predicted octanol–water partition coefficient (Wildman–Crippen LogP) is 3.12. The Morgan fingerprint density at radius 3 is 2.59 bits per heavy atom. The highest BCUT2D eigenvalue weighted by molar-refractivity contribution is 5.79. The number of nitrogens with one attached hydrogen (secondary N) is 1. The number of rotatable bonds is 2. The van der Waals surface area contributed by atoms with E-state index in [1.54, 1.807) is 0 Å². The number of fused-ring (bicyclic) bond motifs is 2. The quantitative estimate of drug-likeness (QED) is 0.783. The highest BCUT2D eigenvalue weighted by Gasteiger charge is 2.43. The number of hydrogen-bond donors (Lipinski definition) is 1. The summed E-state index contributed by atoms with van der Waals surface area (Å²) < 4.78 is 0. The molecule has 0 aromatic rings. The van der Waals surface area contributed by atoms with E-state index in [1.807, 2.05) is 0 Å². The largest absolute Gasteiger partial charge is 0.353 e. The van der Waals surface area contributed by atoms with Crippen molar-refractivity contribution < 1.29 is 4.79 Å². The molecule has 17 heavy (non-hydrogen) atoms. The number of hydrogen-bond acceptors (Lipinski definition) is 1. The first kappa shape index (κ1) is 11.6. The van der Waals surface area contributed by atoms with Crippen LogP contribution in [0.4, 0.5) is 0 Å². The van der Waals surface area contributed by atoms with Gasteiger partial charge in [-0.2, -0.15) is 0 Å². The standard InChI is InChI=1S/C15H25NO/c1-10-3-2-4-13(7-10)16-15(17)14-9-11-5-6-12(14)8-11/h10-14H,2-9H2,1H3,(H,16,17). The van der Waals surface area contributed by atoms with Crippen LogP contribution < -0.4 is 5.32 Å². The van der Waals surface area contributed by atoms with Gasteiger partial charge in [0, 0.05) is 12.0 Å². The smallest absolute Gasteiger partial charge is 0.223 e. The van der Waals surface area contributed by atoms with E-state index in [0.717, 1.165) is 17.8 Å². The Balaban J connectivity index is 1.53. The molecule has 1 N–H and O–H groups in total. The van der Waals surface area contributed by atoms with Crippen LogP contribution in [0.1, 0.15) is 58.3 Å². The molecule has 5 unspecified atom stereocenters. The van der Waals surface area contributed by atoms with E-state index in [-0.39, 0.29) is 0 Å². The molecule has 5 atom stereocenters. The van der Waals surface area contributed by atoms with E-state index in [4.69, 9.17) is 0 Å². The second kappa shape index (κ2) is 4.62. The summed E-state index contributed by atoms with van der Waals surface area (Å²) in [6.45, 7) is 2.32. The summed E-state index contributed by atoms with van der Waals surface area (Å²) in [6.07, 6.45) is 10.3. The van der Waals surface area contributed by atoms with Gasteiger partial charge in [0.05, 0.1) is 0 Å². The third-order valence-electron chi connectivity index (χ3n) is 5.36. The maximum atomic E-state index is 12.3. The monoisotopic (exact) mass is 235 g/mol. The van der Waals surface area contributed by atoms with Crippen molar-refractivity contribution in [2.24, 2.45) is 23.7 Å². The van der Waals surface area contributed by atoms with E-state index < -0.39 is 0 Å². The molecule has 0 radical (unpaired) electrons. The lowest BCUT2D eigenvalue weighted by molar-refractivity contribution is -0.127. The topological polar surface area (TPSA) is 29.1 Å². The zero-order valence-corrected chi connectivity index (χ0v) is 11.0. The van der Waals surface area contributed by atoms with E-state index in [9.17, 15) is 4.79 Å². The third-order valence-corrected chi connectivity index (χ3v) is 5.36. The molecule has 2 bridgehead atoms. The first-order valence-corrected chi connectivity index (χ1v) is 7.52. The Hall–Kier alpha value is -0.530. The molecule has 3 aliphatic rings. The van der Waals surface area contributed by atoms with Gasteiger partial charge in [0.15, 0.2) is 0 Å². The minimum absolute atomic E-state index is 0.367. The summed E-state index contributed by atoms with van der Waals surface area (Å²) >= 11 is 0. The van der Waals surface area contributed by atoms with Crippen molar-refractivity contribution in [1.82, 2.24) is 5.32 Å². The second-order valence-electron chi connectivity index (χ2n) is 6.76. The molecule has 0 aromatic carbocycles.